The lowest BCUT2D eigenvalue weighted by molar-refractivity contribution is 0.0696. The summed E-state index contributed by atoms with van der Waals surface area (Å²) < 4.78 is 7.68. The fourth-order valence-electron chi connectivity index (χ4n) is 2.34. The molecule has 2 aromatic carbocycles. The van der Waals surface area contributed by atoms with E-state index < -0.39 is 5.97 Å². The van der Waals surface area contributed by atoms with E-state index in [2.05, 4.69) is 4.98 Å². The largest absolute Gasteiger partial charge is 0.487 e. The second kappa shape index (κ2) is 5.52. The van der Waals surface area contributed by atoms with E-state index in [9.17, 15) is 9.90 Å². The smallest absolute Gasteiger partial charge is 0.335 e. The van der Waals surface area contributed by atoms with Gasteiger partial charge in [0.1, 0.15) is 23.7 Å². The molecule has 0 atom stereocenters. The van der Waals surface area contributed by atoms with Gasteiger partial charge in [-0.05, 0) is 24.6 Å². The van der Waals surface area contributed by atoms with Crippen molar-refractivity contribution in [2.45, 2.75) is 13.5 Å². The number of ether oxygens (including phenoxy) is 1. The summed E-state index contributed by atoms with van der Waals surface area (Å²) in [5, 5.41) is 9.27. The van der Waals surface area contributed by atoms with E-state index in [-0.39, 0.29) is 5.56 Å². The Morgan fingerprint density at radius 1 is 1.27 bits per heavy atom. The minimum atomic E-state index is -0.981. The van der Waals surface area contributed by atoms with Crippen LogP contribution in [0.2, 0.25) is 0 Å². The summed E-state index contributed by atoms with van der Waals surface area (Å²) in [4.78, 5) is 15.8. The number of hydrogen-bond acceptors (Lipinski definition) is 3. The molecule has 0 spiro atoms. The highest BCUT2D eigenvalue weighted by molar-refractivity contribution is 5.95. The van der Waals surface area contributed by atoms with Gasteiger partial charge in [0.25, 0.3) is 0 Å². The summed E-state index contributed by atoms with van der Waals surface area (Å²) in [6.07, 6.45) is 0. The highest BCUT2D eigenvalue weighted by atomic mass is 16.5. The van der Waals surface area contributed by atoms with Crippen molar-refractivity contribution < 1.29 is 14.6 Å². The monoisotopic (exact) mass is 296 g/mol. The third kappa shape index (κ3) is 2.53. The molecule has 0 unspecified atom stereocenters. The molecular weight excluding hydrogens is 280 g/mol. The fourth-order valence-corrected chi connectivity index (χ4v) is 2.34. The maximum absolute atomic E-state index is 11.3. The number of hydrogen-bond donors (Lipinski definition) is 1. The summed E-state index contributed by atoms with van der Waals surface area (Å²) >= 11 is 0. The van der Waals surface area contributed by atoms with Gasteiger partial charge < -0.3 is 14.4 Å². The van der Waals surface area contributed by atoms with Crippen LogP contribution < -0.4 is 4.74 Å². The van der Waals surface area contributed by atoms with Crippen LogP contribution in [0.4, 0.5) is 0 Å². The van der Waals surface area contributed by atoms with Crippen molar-refractivity contribution in [3.8, 4) is 5.75 Å². The third-order valence-electron chi connectivity index (χ3n) is 3.66. The Balaban J connectivity index is 2.03. The minimum absolute atomic E-state index is 0.193. The summed E-state index contributed by atoms with van der Waals surface area (Å²) in [5.41, 5.74) is 2.64. The second-order valence-electron chi connectivity index (χ2n) is 5.14. The van der Waals surface area contributed by atoms with E-state index in [1.165, 1.54) is 6.07 Å². The van der Waals surface area contributed by atoms with E-state index in [1.54, 1.807) is 6.07 Å². The Morgan fingerprint density at radius 2 is 2.00 bits per heavy atom. The van der Waals surface area contributed by atoms with Gasteiger partial charge >= 0.3 is 5.97 Å². The molecule has 1 aromatic heterocycles. The van der Waals surface area contributed by atoms with Crippen molar-refractivity contribution in [1.29, 1.82) is 0 Å². The quantitative estimate of drug-likeness (QED) is 0.803. The molecule has 22 heavy (non-hydrogen) atoms. The number of fused-ring (bicyclic) bond motifs is 1. The first-order valence-electron chi connectivity index (χ1n) is 6.93. The van der Waals surface area contributed by atoms with Gasteiger partial charge in [0.05, 0.1) is 11.1 Å². The predicted molar refractivity (Wildman–Crippen MR) is 83.2 cm³/mol. The number of aromatic carboxylic acids is 1. The molecular formula is C17H16N2O3. The van der Waals surface area contributed by atoms with Gasteiger partial charge in [0.15, 0.2) is 0 Å². The number of carbonyl (C=O) groups is 1. The topological polar surface area (TPSA) is 64.3 Å². The standard InChI is InChI=1S/C17H16N2O3/c1-11-18-16-14(19(11)2)8-13(17(20)21)9-15(16)22-10-12-6-4-3-5-7-12/h3-9H,10H2,1-2H3,(H,20,21). The summed E-state index contributed by atoms with van der Waals surface area (Å²) in [6, 6.07) is 12.9. The molecule has 0 saturated heterocycles. The van der Waals surface area contributed by atoms with Crippen LogP contribution in [0, 0.1) is 6.92 Å². The zero-order valence-corrected chi connectivity index (χ0v) is 12.4. The van der Waals surface area contributed by atoms with Gasteiger partial charge in [-0.1, -0.05) is 30.3 Å². The molecule has 3 rings (SSSR count). The summed E-state index contributed by atoms with van der Waals surface area (Å²) in [7, 11) is 1.86. The van der Waals surface area contributed by atoms with Crippen LogP contribution in [-0.2, 0) is 13.7 Å². The summed E-state index contributed by atoms with van der Waals surface area (Å²) in [5.74, 6) is 0.315. The first-order chi connectivity index (χ1) is 10.6. The van der Waals surface area contributed by atoms with Crippen LogP contribution in [-0.4, -0.2) is 20.6 Å². The lowest BCUT2D eigenvalue weighted by Crippen LogP contribution is -2.01. The Labute approximate surface area is 127 Å². The molecule has 3 aromatic rings. The molecule has 1 N–H and O–H groups in total. The van der Waals surface area contributed by atoms with E-state index in [0.29, 0.717) is 17.9 Å². The zero-order chi connectivity index (χ0) is 15.7. The molecule has 0 bridgehead atoms. The molecule has 112 valence electrons. The van der Waals surface area contributed by atoms with Crippen LogP contribution >= 0.6 is 0 Å². The number of imidazole rings is 1. The average Bonchev–Trinajstić information content (AvgIpc) is 2.81. The van der Waals surface area contributed by atoms with Crippen molar-refractivity contribution in [2.24, 2.45) is 7.05 Å². The maximum Gasteiger partial charge on any atom is 0.335 e. The number of carboxylic acid groups (broad SMARTS) is 1. The van der Waals surface area contributed by atoms with Crippen molar-refractivity contribution >= 4 is 17.0 Å². The Morgan fingerprint density at radius 3 is 2.68 bits per heavy atom. The van der Waals surface area contributed by atoms with Gasteiger partial charge in [-0.25, -0.2) is 9.78 Å². The van der Waals surface area contributed by atoms with Gasteiger partial charge in [0, 0.05) is 7.05 Å². The zero-order valence-electron chi connectivity index (χ0n) is 12.4. The van der Waals surface area contributed by atoms with Gasteiger partial charge in [-0.2, -0.15) is 0 Å². The molecule has 5 nitrogen and oxygen atoms in total. The number of benzene rings is 2. The van der Waals surface area contributed by atoms with Crippen molar-refractivity contribution in [2.75, 3.05) is 0 Å². The van der Waals surface area contributed by atoms with Crippen LogP contribution in [0.1, 0.15) is 21.7 Å². The number of aryl methyl sites for hydroxylation is 2. The van der Waals surface area contributed by atoms with Crippen molar-refractivity contribution in [3.63, 3.8) is 0 Å². The third-order valence-corrected chi connectivity index (χ3v) is 3.66. The normalized spacial score (nSPS) is 10.8. The first kappa shape index (κ1) is 14.1. The highest BCUT2D eigenvalue weighted by Crippen LogP contribution is 2.28. The van der Waals surface area contributed by atoms with Crippen LogP contribution in [0.15, 0.2) is 42.5 Å². The molecule has 0 aliphatic heterocycles. The lowest BCUT2D eigenvalue weighted by atomic mass is 10.2. The van der Waals surface area contributed by atoms with Gasteiger partial charge in [-0.15, -0.1) is 0 Å². The van der Waals surface area contributed by atoms with E-state index in [4.69, 9.17) is 4.74 Å². The van der Waals surface area contributed by atoms with E-state index in [1.807, 2.05) is 48.9 Å². The predicted octanol–water partition coefficient (Wildman–Crippen LogP) is 3.16. The number of carboxylic acids is 1. The molecule has 0 amide bonds. The van der Waals surface area contributed by atoms with Crippen LogP contribution in [0.25, 0.3) is 11.0 Å². The van der Waals surface area contributed by atoms with Crippen molar-refractivity contribution in [1.82, 2.24) is 9.55 Å². The fraction of sp³-hybridized carbons (Fsp3) is 0.176. The Kier molecular flexibility index (Phi) is 3.55. The first-order valence-corrected chi connectivity index (χ1v) is 6.93. The van der Waals surface area contributed by atoms with Crippen LogP contribution in [0.3, 0.4) is 0 Å². The average molecular weight is 296 g/mol. The molecule has 0 radical (unpaired) electrons. The van der Waals surface area contributed by atoms with Crippen molar-refractivity contribution in [3.05, 3.63) is 59.4 Å². The van der Waals surface area contributed by atoms with Gasteiger partial charge in [0.2, 0.25) is 0 Å². The SMILES string of the molecule is Cc1nc2c(OCc3ccccc3)cc(C(=O)O)cc2n1C. The number of rotatable bonds is 4. The molecule has 0 saturated carbocycles. The summed E-state index contributed by atoms with van der Waals surface area (Å²) in [6.45, 7) is 2.25. The minimum Gasteiger partial charge on any atom is -0.487 e. The molecule has 0 fully saturated rings. The Hall–Kier alpha value is -2.82. The highest BCUT2D eigenvalue weighted by Gasteiger charge is 2.15. The van der Waals surface area contributed by atoms with Crippen LogP contribution in [0.5, 0.6) is 5.75 Å². The molecule has 5 heteroatoms. The lowest BCUT2D eigenvalue weighted by Gasteiger charge is -2.08. The number of aromatic nitrogens is 2. The maximum atomic E-state index is 11.3. The second-order valence-corrected chi connectivity index (χ2v) is 5.14. The van der Waals surface area contributed by atoms with E-state index in [0.717, 1.165) is 16.9 Å². The molecule has 1 heterocycles. The Bertz CT molecular complexity index is 838. The molecule has 0 aliphatic rings. The molecule has 0 aliphatic carbocycles. The van der Waals surface area contributed by atoms with E-state index >= 15 is 0 Å². The number of nitrogens with zero attached hydrogens (tertiary/aromatic N) is 2. The van der Waals surface area contributed by atoms with Gasteiger partial charge in [-0.3, -0.25) is 0 Å².